The lowest BCUT2D eigenvalue weighted by atomic mass is 9.95. The van der Waals surface area contributed by atoms with Crippen LogP contribution in [0.25, 0.3) is 16.6 Å². The molecule has 1 fully saturated rings. The molecule has 37 heavy (non-hydrogen) atoms. The second-order valence-electron chi connectivity index (χ2n) is 9.41. The molecule has 2 atom stereocenters. The van der Waals surface area contributed by atoms with Gasteiger partial charge < -0.3 is 0 Å². The molecule has 5 rings (SSSR count). The highest BCUT2D eigenvalue weighted by Crippen LogP contribution is 2.37. The van der Waals surface area contributed by atoms with Gasteiger partial charge in [0.05, 0.1) is 29.5 Å². The zero-order valence-electron chi connectivity index (χ0n) is 20.7. The molecule has 0 amide bonds. The van der Waals surface area contributed by atoms with Crippen LogP contribution in [0, 0.1) is 18.7 Å². The lowest BCUT2D eigenvalue weighted by Gasteiger charge is -2.42. The number of aryl methyl sites for hydroxylation is 2. The maximum Gasteiger partial charge on any atom is 0.392 e. The van der Waals surface area contributed by atoms with Crippen LogP contribution in [0.1, 0.15) is 24.1 Å². The van der Waals surface area contributed by atoms with Crippen molar-refractivity contribution in [2.24, 2.45) is 13.0 Å². The first-order valence-corrected chi connectivity index (χ1v) is 12.7. The monoisotopic (exact) mass is 533 g/mol. The third-order valence-electron chi connectivity index (χ3n) is 6.71. The van der Waals surface area contributed by atoms with E-state index in [1.54, 1.807) is 36.3 Å². The third kappa shape index (κ3) is 5.51. The molecule has 2 aromatic carbocycles. The normalized spacial score (nSPS) is 18.5. The van der Waals surface area contributed by atoms with Gasteiger partial charge in [-0.2, -0.15) is 28.2 Å². The Kier molecular flexibility index (Phi) is 6.99. The van der Waals surface area contributed by atoms with Gasteiger partial charge in [0.2, 0.25) is 0 Å². The van der Waals surface area contributed by atoms with Gasteiger partial charge in [-0.05, 0) is 66.4 Å². The summed E-state index contributed by atoms with van der Waals surface area (Å²) < 4.78 is 57.7. The van der Waals surface area contributed by atoms with Gasteiger partial charge in [0.25, 0.3) is 0 Å². The quantitative estimate of drug-likeness (QED) is 0.252. The Labute approximate surface area is 216 Å². The van der Waals surface area contributed by atoms with Crippen LogP contribution in [-0.4, -0.2) is 66.3 Å². The van der Waals surface area contributed by atoms with Crippen LogP contribution < -0.4 is 0 Å². The molecular weight excluding hydrogens is 506 g/mol. The molecule has 0 bridgehead atoms. The number of halogens is 4. The minimum Gasteiger partial charge on any atom is -0.293 e. The number of fused-ring (bicyclic) bond motifs is 1. The average molecular weight is 534 g/mol. The summed E-state index contributed by atoms with van der Waals surface area (Å²) in [6, 6.07) is 9.86. The number of hydrogen-bond acceptors (Lipinski definition) is 6. The highest BCUT2D eigenvalue weighted by Gasteiger charge is 2.40. The zero-order valence-corrected chi connectivity index (χ0v) is 21.5. The molecule has 0 aliphatic carbocycles. The number of aromatic nitrogens is 5. The van der Waals surface area contributed by atoms with Crippen molar-refractivity contribution in [2.75, 3.05) is 26.2 Å². The molecule has 0 radical (unpaired) electrons. The number of hydrogen-bond donors (Lipinski definition) is 0. The molecule has 2 unspecified atom stereocenters. The van der Waals surface area contributed by atoms with Crippen LogP contribution >= 0.6 is 11.9 Å². The highest BCUT2D eigenvalue weighted by molar-refractivity contribution is 7.97. The van der Waals surface area contributed by atoms with Crippen molar-refractivity contribution in [1.82, 2.24) is 34.0 Å². The molecule has 196 valence electrons. The fourth-order valence-electron chi connectivity index (χ4n) is 4.69. The first-order valence-electron chi connectivity index (χ1n) is 11.9. The Hall–Kier alpha value is -2.96. The van der Waals surface area contributed by atoms with Crippen LogP contribution in [0.2, 0.25) is 0 Å². The first-order chi connectivity index (χ1) is 17.6. The van der Waals surface area contributed by atoms with Gasteiger partial charge in [0.15, 0.2) is 5.03 Å². The van der Waals surface area contributed by atoms with Gasteiger partial charge in [0, 0.05) is 44.7 Å². The second kappa shape index (κ2) is 10.1. The lowest BCUT2D eigenvalue weighted by Crippen LogP contribution is -2.48. The molecule has 0 spiro atoms. The van der Waals surface area contributed by atoms with E-state index in [-0.39, 0.29) is 18.4 Å². The fraction of sp³-hybridized carbons (Fsp3) is 0.400. The van der Waals surface area contributed by atoms with Crippen LogP contribution in [0.3, 0.4) is 0 Å². The molecule has 1 aliphatic heterocycles. The summed E-state index contributed by atoms with van der Waals surface area (Å²) in [5.41, 5.74) is 3.50. The number of piperazine rings is 1. The minimum atomic E-state index is -4.26. The molecule has 0 N–H and O–H groups in total. The van der Waals surface area contributed by atoms with E-state index in [1.165, 1.54) is 35.8 Å². The molecule has 1 saturated heterocycles. The first kappa shape index (κ1) is 25.7. The summed E-state index contributed by atoms with van der Waals surface area (Å²) in [7, 11) is 1.74. The predicted octanol–water partition coefficient (Wildman–Crippen LogP) is 5.17. The van der Waals surface area contributed by atoms with E-state index >= 15 is 0 Å². The van der Waals surface area contributed by atoms with Gasteiger partial charge in [-0.3, -0.25) is 4.90 Å². The van der Waals surface area contributed by atoms with E-state index in [0.717, 1.165) is 32.7 Å². The maximum absolute atomic E-state index is 13.5. The molecule has 4 aromatic rings. The van der Waals surface area contributed by atoms with Gasteiger partial charge in [-0.25, -0.2) is 13.4 Å². The number of rotatable bonds is 6. The van der Waals surface area contributed by atoms with Gasteiger partial charge in [0.1, 0.15) is 5.82 Å². The topological polar surface area (TPSA) is 55.0 Å². The Bertz CT molecular complexity index is 1380. The average Bonchev–Trinajstić information content (AvgIpc) is 3.44. The Balaban J connectivity index is 1.48. The molecule has 1 aliphatic rings. The van der Waals surface area contributed by atoms with Crippen LogP contribution in [0.4, 0.5) is 17.6 Å². The Morgan fingerprint density at radius 3 is 2.51 bits per heavy atom. The summed E-state index contributed by atoms with van der Waals surface area (Å²) in [4.78, 5) is 3.42. The van der Waals surface area contributed by atoms with Crippen molar-refractivity contribution in [3.63, 3.8) is 0 Å². The molecule has 0 saturated carbocycles. The van der Waals surface area contributed by atoms with Crippen LogP contribution in [0.5, 0.6) is 0 Å². The maximum atomic E-state index is 13.5. The van der Waals surface area contributed by atoms with Crippen molar-refractivity contribution < 1.29 is 17.6 Å². The van der Waals surface area contributed by atoms with Gasteiger partial charge in [-0.1, -0.05) is 6.92 Å². The van der Waals surface area contributed by atoms with Crippen molar-refractivity contribution in [1.29, 1.82) is 0 Å². The minimum absolute atomic E-state index is 0.0792. The van der Waals surface area contributed by atoms with E-state index < -0.39 is 12.1 Å². The van der Waals surface area contributed by atoms with Crippen LogP contribution in [-0.2, 0) is 7.05 Å². The summed E-state index contributed by atoms with van der Waals surface area (Å²) >= 11 is 1.47. The molecule has 2 aromatic heterocycles. The summed E-state index contributed by atoms with van der Waals surface area (Å²) in [5, 5.41) is 14.5. The highest BCUT2D eigenvalue weighted by atomic mass is 32.2. The SMILES string of the molecule is Cc1cc2c(cnn2-c2ccc(F)cc2)cc1C1CN(Sc2cnn(C)n2)CCN1CC(C)C(F)(F)F. The number of alkyl halides is 3. The van der Waals surface area contributed by atoms with Crippen LogP contribution in [0.15, 0.2) is 53.8 Å². The fourth-order valence-corrected chi connectivity index (χ4v) is 5.59. The molecular formula is C25H27F4N7S. The zero-order chi connectivity index (χ0) is 26.3. The van der Waals surface area contributed by atoms with Crippen molar-refractivity contribution >= 4 is 22.9 Å². The second-order valence-corrected chi connectivity index (χ2v) is 10.5. The van der Waals surface area contributed by atoms with Crippen molar-refractivity contribution in [3.8, 4) is 5.69 Å². The Morgan fingerprint density at radius 1 is 1.08 bits per heavy atom. The van der Waals surface area contributed by atoms with E-state index in [2.05, 4.69) is 19.6 Å². The number of benzene rings is 2. The van der Waals surface area contributed by atoms with E-state index in [0.29, 0.717) is 19.6 Å². The standard InChI is InChI=1S/C25H27F4N7S/c1-16-10-22-18(12-31-36(22)20-6-4-19(26)5-7-20)11-21(16)23-15-35(37-24-13-30-33(3)32-24)9-8-34(23)14-17(2)25(27,28)29/h4-7,10-13,17,23H,8-9,14-15H2,1-3H3. The lowest BCUT2D eigenvalue weighted by molar-refractivity contribution is -0.176. The van der Waals surface area contributed by atoms with E-state index in [9.17, 15) is 17.6 Å². The van der Waals surface area contributed by atoms with Gasteiger partial charge >= 0.3 is 6.18 Å². The van der Waals surface area contributed by atoms with E-state index in [4.69, 9.17) is 0 Å². The molecule has 7 nitrogen and oxygen atoms in total. The number of nitrogens with zero attached hydrogens (tertiary/aromatic N) is 7. The van der Waals surface area contributed by atoms with E-state index in [1.807, 2.05) is 24.0 Å². The molecule has 3 heterocycles. The summed E-state index contributed by atoms with van der Waals surface area (Å²) in [6.45, 7) is 4.75. The molecule has 12 heteroatoms. The van der Waals surface area contributed by atoms with Crippen molar-refractivity contribution in [2.45, 2.75) is 31.1 Å². The largest absolute Gasteiger partial charge is 0.392 e. The van der Waals surface area contributed by atoms with Gasteiger partial charge in [-0.15, -0.1) is 5.10 Å². The Morgan fingerprint density at radius 2 is 1.84 bits per heavy atom. The predicted molar refractivity (Wildman–Crippen MR) is 134 cm³/mol. The van der Waals surface area contributed by atoms with Crippen molar-refractivity contribution in [3.05, 3.63) is 65.7 Å². The summed E-state index contributed by atoms with van der Waals surface area (Å²) in [6.07, 6.45) is -0.844. The smallest absolute Gasteiger partial charge is 0.293 e. The third-order valence-corrected chi connectivity index (χ3v) is 7.67. The summed E-state index contributed by atoms with van der Waals surface area (Å²) in [5.74, 6) is -1.77.